The monoisotopic (exact) mass is 422 g/mol. The Morgan fingerprint density at radius 3 is 2.33 bits per heavy atom. The molecular weight excluding hydrogens is 396 g/mol. The third kappa shape index (κ3) is 6.49. The summed E-state index contributed by atoms with van der Waals surface area (Å²) in [5, 5.41) is 6.42. The van der Waals surface area contributed by atoms with Crippen LogP contribution >= 0.6 is 11.8 Å². The van der Waals surface area contributed by atoms with Gasteiger partial charge in [0.25, 0.3) is 0 Å². The van der Waals surface area contributed by atoms with Crippen molar-refractivity contribution in [3.05, 3.63) is 77.6 Å². The standard InChI is InChI=1S/C23H26N4O2S/c1-17-12-18(2)14-20(13-17)27-11-10-26-23(27)30-16-22(29)25-9-8-24-21(28)15-19-6-4-3-5-7-19/h3-7,10-14H,8-9,15-16H2,1-2H3,(H,24,28)(H,25,29). The van der Waals surface area contributed by atoms with Crippen LogP contribution in [0.5, 0.6) is 0 Å². The highest BCUT2D eigenvalue weighted by Gasteiger charge is 2.10. The molecular formula is C23H26N4O2S. The van der Waals surface area contributed by atoms with Gasteiger partial charge < -0.3 is 10.6 Å². The van der Waals surface area contributed by atoms with Gasteiger partial charge in [-0.15, -0.1) is 0 Å². The van der Waals surface area contributed by atoms with Crippen molar-refractivity contribution in [2.24, 2.45) is 0 Å². The van der Waals surface area contributed by atoms with Gasteiger partial charge in [-0.2, -0.15) is 0 Å². The van der Waals surface area contributed by atoms with E-state index < -0.39 is 0 Å². The number of nitrogens with one attached hydrogen (secondary N) is 2. The molecule has 0 unspecified atom stereocenters. The van der Waals surface area contributed by atoms with Gasteiger partial charge in [0.1, 0.15) is 0 Å². The Morgan fingerprint density at radius 2 is 1.63 bits per heavy atom. The molecule has 0 radical (unpaired) electrons. The van der Waals surface area contributed by atoms with Gasteiger partial charge in [0.15, 0.2) is 5.16 Å². The topological polar surface area (TPSA) is 76.0 Å². The lowest BCUT2D eigenvalue weighted by Crippen LogP contribution is -2.36. The largest absolute Gasteiger partial charge is 0.354 e. The molecule has 2 aromatic carbocycles. The van der Waals surface area contributed by atoms with E-state index in [-0.39, 0.29) is 17.6 Å². The smallest absolute Gasteiger partial charge is 0.230 e. The van der Waals surface area contributed by atoms with Crippen molar-refractivity contribution in [2.75, 3.05) is 18.8 Å². The minimum atomic E-state index is -0.0905. The average Bonchev–Trinajstić information content (AvgIpc) is 3.18. The molecule has 156 valence electrons. The van der Waals surface area contributed by atoms with Crippen LogP contribution in [0.3, 0.4) is 0 Å². The van der Waals surface area contributed by atoms with Crippen molar-refractivity contribution in [1.29, 1.82) is 0 Å². The zero-order valence-corrected chi connectivity index (χ0v) is 18.0. The first-order chi connectivity index (χ1) is 14.5. The maximum absolute atomic E-state index is 12.1. The lowest BCUT2D eigenvalue weighted by atomic mass is 10.1. The SMILES string of the molecule is Cc1cc(C)cc(-n2ccnc2SCC(=O)NCCNC(=O)Cc2ccccc2)c1. The Bertz CT molecular complexity index is 981. The van der Waals surface area contributed by atoms with Crippen LogP contribution in [0.2, 0.25) is 0 Å². The minimum absolute atomic E-state index is 0.0553. The molecule has 0 aliphatic carbocycles. The molecule has 3 rings (SSSR count). The number of carbonyl (C=O) groups is 2. The fraction of sp³-hybridized carbons (Fsp3) is 0.261. The van der Waals surface area contributed by atoms with Crippen LogP contribution in [-0.4, -0.2) is 40.2 Å². The normalized spacial score (nSPS) is 10.6. The van der Waals surface area contributed by atoms with Crippen molar-refractivity contribution in [3.63, 3.8) is 0 Å². The number of amides is 2. The highest BCUT2D eigenvalue weighted by Crippen LogP contribution is 2.22. The molecule has 6 nitrogen and oxygen atoms in total. The molecule has 0 fully saturated rings. The van der Waals surface area contributed by atoms with Crippen LogP contribution in [0.1, 0.15) is 16.7 Å². The van der Waals surface area contributed by atoms with E-state index in [0.717, 1.165) is 16.4 Å². The molecule has 0 bridgehead atoms. The third-order valence-electron chi connectivity index (χ3n) is 4.40. The third-order valence-corrected chi connectivity index (χ3v) is 5.37. The van der Waals surface area contributed by atoms with Crippen molar-refractivity contribution in [1.82, 2.24) is 20.2 Å². The molecule has 30 heavy (non-hydrogen) atoms. The molecule has 0 saturated heterocycles. The summed E-state index contributed by atoms with van der Waals surface area (Å²) < 4.78 is 1.99. The molecule has 0 spiro atoms. The van der Waals surface area contributed by atoms with Crippen molar-refractivity contribution in [3.8, 4) is 5.69 Å². The summed E-state index contributed by atoms with van der Waals surface area (Å²) in [4.78, 5) is 28.4. The summed E-state index contributed by atoms with van der Waals surface area (Å²) in [6.45, 7) is 4.92. The van der Waals surface area contributed by atoms with E-state index in [1.54, 1.807) is 6.20 Å². The maximum Gasteiger partial charge on any atom is 0.230 e. The van der Waals surface area contributed by atoms with Crippen molar-refractivity contribution >= 4 is 23.6 Å². The van der Waals surface area contributed by atoms with Crippen LogP contribution in [0.25, 0.3) is 5.69 Å². The highest BCUT2D eigenvalue weighted by molar-refractivity contribution is 7.99. The molecule has 1 heterocycles. The van der Waals surface area contributed by atoms with Crippen LogP contribution < -0.4 is 10.6 Å². The van der Waals surface area contributed by atoms with Crippen molar-refractivity contribution in [2.45, 2.75) is 25.4 Å². The van der Waals surface area contributed by atoms with Crippen LogP contribution in [0.4, 0.5) is 0 Å². The Hall–Kier alpha value is -3.06. The van der Waals surface area contributed by atoms with Crippen molar-refractivity contribution < 1.29 is 9.59 Å². The average molecular weight is 423 g/mol. The molecule has 3 aromatic rings. The Kier molecular flexibility index (Phi) is 7.68. The van der Waals surface area contributed by atoms with Gasteiger partial charge in [0, 0.05) is 31.2 Å². The fourth-order valence-corrected chi connectivity index (χ4v) is 3.91. The summed E-state index contributed by atoms with van der Waals surface area (Å²) in [5.41, 5.74) is 4.37. The van der Waals surface area contributed by atoms with Gasteiger partial charge in [-0.25, -0.2) is 4.98 Å². The van der Waals surface area contributed by atoms with Gasteiger partial charge in [-0.05, 0) is 42.7 Å². The van der Waals surface area contributed by atoms with E-state index in [1.165, 1.54) is 22.9 Å². The molecule has 1 aromatic heterocycles. The first-order valence-corrected chi connectivity index (χ1v) is 10.8. The number of nitrogens with zero attached hydrogens (tertiary/aromatic N) is 2. The Labute approximate surface area is 181 Å². The molecule has 0 saturated carbocycles. The summed E-state index contributed by atoms with van der Waals surface area (Å²) in [7, 11) is 0. The first-order valence-electron chi connectivity index (χ1n) is 9.83. The zero-order chi connectivity index (χ0) is 21.3. The van der Waals surface area contributed by atoms with Gasteiger partial charge >= 0.3 is 0 Å². The lowest BCUT2D eigenvalue weighted by Gasteiger charge is -2.10. The second kappa shape index (κ2) is 10.6. The van der Waals surface area contributed by atoms with Crippen LogP contribution in [-0.2, 0) is 16.0 Å². The summed E-state index contributed by atoms with van der Waals surface area (Å²) >= 11 is 1.39. The summed E-state index contributed by atoms with van der Waals surface area (Å²) in [5.74, 6) is 0.118. The highest BCUT2D eigenvalue weighted by atomic mass is 32.2. The molecule has 0 atom stereocenters. The molecule has 2 amide bonds. The van der Waals surface area contributed by atoms with Gasteiger partial charge in [-0.1, -0.05) is 48.2 Å². The number of imidazole rings is 1. The van der Waals surface area contributed by atoms with Gasteiger partial charge in [0.2, 0.25) is 11.8 Å². The number of hydrogen-bond acceptors (Lipinski definition) is 4. The lowest BCUT2D eigenvalue weighted by molar-refractivity contribution is -0.121. The van der Waals surface area contributed by atoms with Gasteiger partial charge in [-0.3, -0.25) is 14.2 Å². The molecule has 7 heteroatoms. The second-order valence-electron chi connectivity index (χ2n) is 7.08. The number of hydrogen-bond donors (Lipinski definition) is 2. The van der Waals surface area contributed by atoms with E-state index in [1.807, 2.05) is 41.1 Å². The van der Waals surface area contributed by atoms with E-state index in [0.29, 0.717) is 19.5 Å². The Balaban J connectivity index is 1.40. The molecule has 0 aliphatic heterocycles. The quantitative estimate of drug-likeness (QED) is 0.411. The van der Waals surface area contributed by atoms with E-state index in [4.69, 9.17) is 0 Å². The summed E-state index contributed by atoms with van der Waals surface area (Å²) in [6, 6.07) is 15.9. The number of aryl methyl sites for hydroxylation is 2. The molecule has 0 aliphatic rings. The zero-order valence-electron chi connectivity index (χ0n) is 17.2. The predicted octanol–water partition coefficient (Wildman–Crippen LogP) is 3.06. The number of rotatable bonds is 9. The maximum atomic E-state index is 12.1. The fourth-order valence-electron chi connectivity index (χ4n) is 3.11. The predicted molar refractivity (Wildman–Crippen MR) is 120 cm³/mol. The number of aromatic nitrogens is 2. The van der Waals surface area contributed by atoms with Crippen LogP contribution in [0.15, 0.2) is 66.1 Å². The number of carbonyl (C=O) groups excluding carboxylic acids is 2. The van der Waals surface area contributed by atoms with Crippen LogP contribution in [0, 0.1) is 13.8 Å². The molecule has 2 N–H and O–H groups in total. The number of thioether (sulfide) groups is 1. The van der Waals surface area contributed by atoms with Gasteiger partial charge in [0.05, 0.1) is 12.2 Å². The minimum Gasteiger partial charge on any atom is -0.354 e. The summed E-state index contributed by atoms with van der Waals surface area (Å²) in [6.07, 6.45) is 3.97. The van der Waals surface area contributed by atoms with E-state index in [2.05, 4.69) is 47.7 Å². The first kappa shape index (κ1) is 21.6. The van der Waals surface area contributed by atoms with E-state index in [9.17, 15) is 9.59 Å². The second-order valence-corrected chi connectivity index (χ2v) is 8.02. The Morgan fingerprint density at radius 1 is 0.967 bits per heavy atom. The number of benzene rings is 2. The van der Waals surface area contributed by atoms with E-state index >= 15 is 0 Å².